The van der Waals surface area contributed by atoms with Crippen LogP contribution in [-0.4, -0.2) is 35.6 Å². The van der Waals surface area contributed by atoms with Crippen LogP contribution in [-0.2, 0) is 4.79 Å². The molecule has 1 aromatic carbocycles. The summed E-state index contributed by atoms with van der Waals surface area (Å²) in [6.07, 6.45) is 0.170. The zero-order chi connectivity index (χ0) is 19.2. The molecule has 3 N–H and O–H groups in total. The molecule has 1 aromatic rings. The highest BCUT2D eigenvalue weighted by atomic mass is 16.3. The molecular formula is C20H32N2O3. The van der Waals surface area contributed by atoms with E-state index >= 15 is 0 Å². The van der Waals surface area contributed by atoms with Crippen LogP contribution in [0.5, 0.6) is 0 Å². The SMILES string of the molecule is Cc1ccccc1C(=O)NC(C(=O)NCC(C)(C)CC(C)O)C(C)C. The van der Waals surface area contributed by atoms with E-state index in [-0.39, 0.29) is 23.1 Å². The summed E-state index contributed by atoms with van der Waals surface area (Å²) in [6, 6.07) is 6.71. The molecule has 25 heavy (non-hydrogen) atoms. The molecule has 0 fully saturated rings. The summed E-state index contributed by atoms with van der Waals surface area (Å²) < 4.78 is 0. The molecule has 0 aliphatic rings. The number of hydrogen-bond donors (Lipinski definition) is 3. The highest BCUT2D eigenvalue weighted by Crippen LogP contribution is 2.21. The minimum atomic E-state index is -0.602. The van der Waals surface area contributed by atoms with Gasteiger partial charge in [-0.15, -0.1) is 0 Å². The number of hydrogen-bond acceptors (Lipinski definition) is 3. The maximum absolute atomic E-state index is 12.6. The van der Waals surface area contributed by atoms with Crippen molar-refractivity contribution in [3.05, 3.63) is 35.4 Å². The van der Waals surface area contributed by atoms with Crippen LogP contribution in [0.3, 0.4) is 0 Å². The van der Waals surface area contributed by atoms with Crippen molar-refractivity contribution in [3.63, 3.8) is 0 Å². The van der Waals surface area contributed by atoms with Crippen LogP contribution in [0.25, 0.3) is 0 Å². The lowest BCUT2D eigenvalue weighted by molar-refractivity contribution is -0.124. The summed E-state index contributed by atoms with van der Waals surface area (Å²) in [5.74, 6) is -0.473. The molecule has 0 aromatic heterocycles. The summed E-state index contributed by atoms with van der Waals surface area (Å²) in [4.78, 5) is 25.1. The smallest absolute Gasteiger partial charge is 0.252 e. The van der Waals surface area contributed by atoms with Crippen molar-refractivity contribution in [3.8, 4) is 0 Å². The molecule has 0 spiro atoms. The molecular weight excluding hydrogens is 316 g/mol. The third kappa shape index (κ3) is 6.86. The second kappa shape index (κ2) is 8.99. The Labute approximate surface area is 151 Å². The Morgan fingerprint density at radius 3 is 2.28 bits per heavy atom. The Morgan fingerprint density at radius 2 is 1.76 bits per heavy atom. The molecule has 2 atom stereocenters. The van der Waals surface area contributed by atoms with Gasteiger partial charge in [0.25, 0.3) is 5.91 Å². The molecule has 0 aliphatic carbocycles. The topological polar surface area (TPSA) is 78.4 Å². The summed E-state index contributed by atoms with van der Waals surface area (Å²) >= 11 is 0. The molecule has 0 saturated heterocycles. The molecule has 5 nitrogen and oxygen atoms in total. The highest BCUT2D eigenvalue weighted by molar-refractivity contribution is 5.98. The standard InChI is InChI=1S/C20H32N2O3/c1-13(2)17(19(25)21-12-20(5,6)11-15(4)23)22-18(24)16-10-8-7-9-14(16)3/h7-10,13,15,17,23H,11-12H2,1-6H3,(H,21,25)(H,22,24). The summed E-state index contributed by atoms with van der Waals surface area (Å²) in [7, 11) is 0. The number of aliphatic hydroxyl groups excluding tert-OH is 1. The molecule has 2 amide bonds. The first kappa shape index (κ1) is 21.2. The number of benzene rings is 1. The largest absolute Gasteiger partial charge is 0.393 e. The van der Waals surface area contributed by atoms with Gasteiger partial charge in [0.05, 0.1) is 6.10 Å². The minimum absolute atomic E-state index is 0.0344. The number of amides is 2. The second-order valence-electron chi connectivity index (χ2n) is 7.95. The first-order valence-corrected chi connectivity index (χ1v) is 8.86. The molecule has 0 heterocycles. The van der Waals surface area contributed by atoms with Gasteiger partial charge in [-0.3, -0.25) is 9.59 Å². The van der Waals surface area contributed by atoms with Gasteiger partial charge in [0.15, 0.2) is 0 Å². The fourth-order valence-corrected chi connectivity index (χ4v) is 2.89. The summed E-state index contributed by atoms with van der Waals surface area (Å²) in [5, 5.41) is 15.3. The van der Waals surface area contributed by atoms with Crippen molar-refractivity contribution in [1.29, 1.82) is 0 Å². The van der Waals surface area contributed by atoms with Gasteiger partial charge in [0.1, 0.15) is 6.04 Å². The van der Waals surface area contributed by atoms with E-state index in [1.165, 1.54) is 0 Å². The van der Waals surface area contributed by atoms with Crippen LogP contribution in [0.1, 0.15) is 57.0 Å². The second-order valence-corrected chi connectivity index (χ2v) is 7.95. The van der Waals surface area contributed by atoms with Crippen molar-refractivity contribution in [2.75, 3.05) is 6.54 Å². The molecule has 0 aliphatic heterocycles. The van der Waals surface area contributed by atoms with Crippen molar-refractivity contribution >= 4 is 11.8 Å². The van der Waals surface area contributed by atoms with Crippen LogP contribution >= 0.6 is 0 Å². The van der Waals surface area contributed by atoms with E-state index in [1.54, 1.807) is 13.0 Å². The lowest BCUT2D eigenvalue weighted by atomic mass is 9.87. The molecule has 0 saturated carbocycles. The maximum atomic E-state index is 12.6. The number of nitrogens with one attached hydrogen (secondary N) is 2. The molecule has 5 heteroatoms. The van der Waals surface area contributed by atoms with Gasteiger partial charge in [-0.2, -0.15) is 0 Å². The van der Waals surface area contributed by atoms with E-state index in [1.807, 2.05) is 52.8 Å². The Kier molecular flexibility index (Phi) is 7.61. The Balaban J connectivity index is 2.75. The van der Waals surface area contributed by atoms with Gasteiger partial charge in [-0.1, -0.05) is 45.9 Å². The molecule has 0 bridgehead atoms. The first-order valence-electron chi connectivity index (χ1n) is 8.86. The monoisotopic (exact) mass is 348 g/mol. The number of carbonyl (C=O) groups is 2. The predicted molar refractivity (Wildman–Crippen MR) is 100 cm³/mol. The maximum Gasteiger partial charge on any atom is 0.252 e. The third-order valence-electron chi connectivity index (χ3n) is 4.21. The molecule has 1 rings (SSSR count). The van der Waals surface area contributed by atoms with Gasteiger partial charge in [0.2, 0.25) is 5.91 Å². The van der Waals surface area contributed by atoms with E-state index in [4.69, 9.17) is 0 Å². The fraction of sp³-hybridized carbons (Fsp3) is 0.600. The van der Waals surface area contributed by atoms with Gasteiger partial charge in [0, 0.05) is 12.1 Å². The van der Waals surface area contributed by atoms with Crippen LogP contribution in [0, 0.1) is 18.3 Å². The van der Waals surface area contributed by atoms with E-state index in [0.29, 0.717) is 18.5 Å². The van der Waals surface area contributed by atoms with E-state index in [2.05, 4.69) is 10.6 Å². The zero-order valence-electron chi connectivity index (χ0n) is 16.2. The predicted octanol–water partition coefficient (Wildman–Crippen LogP) is 2.66. The van der Waals surface area contributed by atoms with Gasteiger partial charge >= 0.3 is 0 Å². The van der Waals surface area contributed by atoms with E-state index in [9.17, 15) is 14.7 Å². The normalized spacial score (nSPS) is 14.1. The number of aliphatic hydroxyl groups is 1. The van der Waals surface area contributed by atoms with Gasteiger partial charge < -0.3 is 15.7 Å². The molecule has 2 unspecified atom stereocenters. The van der Waals surface area contributed by atoms with Crippen LogP contribution in [0.2, 0.25) is 0 Å². The molecule has 0 radical (unpaired) electrons. The number of aryl methyl sites for hydroxylation is 1. The van der Waals surface area contributed by atoms with Crippen molar-refractivity contribution < 1.29 is 14.7 Å². The number of carbonyl (C=O) groups excluding carboxylic acids is 2. The lowest BCUT2D eigenvalue weighted by Gasteiger charge is -2.28. The van der Waals surface area contributed by atoms with Crippen molar-refractivity contribution in [2.24, 2.45) is 11.3 Å². The van der Waals surface area contributed by atoms with E-state index in [0.717, 1.165) is 5.56 Å². The Bertz CT molecular complexity index is 594. The average Bonchev–Trinajstić information content (AvgIpc) is 2.49. The van der Waals surface area contributed by atoms with Gasteiger partial charge in [-0.25, -0.2) is 0 Å². The van der Waals surface area contributed by atoms with Gasteiger partial charge in [-0.05, 0) is 43.2 Å². The zero-order valence-corrected chi connectivity index (χ0v) is 16.2. The lowest BCUT2D eigenvalue weighted by Crippen LogP contribution is -2.51. The quantitative estimate of drug-likeness (QED) is 0.676. The third-order valence-corrected chi connectivity index (χ3v) is 4.21. The average molecular weight is 348 g/mol. The Morgan fingerprint density at radius 1 is 1.16 bits per heavy atom. The van der Waals surface area contributed by atoms with Crippen LogP contribution < -0.4 is 10.6 Å². The fourth-order valence-electron chi connectivity index (χ4n) is 2.89. The van der Waals surface area contributed by atoms with Crippen LogP contribution in [0.15, 0.2) is 24.3 Å². The first-order chi connectivity index (χ1) is 11.5. The summed E-state index contributed by atoms with van der Waals surface area (Å²) in [5.41, 5.74) is 1.24. The number of rotatable bonds is 8. The van der Waals surface area contributed by atoms with Crippen LogP contribution in [0.4, 0.5) is 0 Å². The van der Waals surface area contributed by atoms with Crippen molar-refractivity contribution in [1.82, 2.24) is 10.6 Å². The Hall–Kier alpha value is -1.88. The minimum Gasteiger partial charge on any atom is -0.393 e. The highest BCUT2D eigenvalue weighted by Gasteiger charge is 2.27. The summed E-state index contributed by atoms with van der Waals surface area (Å²) in [6.45, 7) is 11.9. The van der Waals surface area contributed by atoms with E-state index < -0.39 is 12.1 Å². The molecule has 140 valence electrons. The van der Waals surface area contributed by atoms with Crippen molar-refractivity contribution in [2.45, 2.75) is 60.1 Å².